The number of phenolic OH excluding ortho intramolecular Hbond substituents is 1. The van der Waals surface area contributed by atoms with Crippen LogP contribution in [0, 0.1) is 0 Å². The second kappa shape index (κ2) is 6.54. The lowest BCUT2D eigenvalue weighted by molar-refractivity contribution is 0.176. The second-order valence-corrected chi connectivity index (χ2v) is 4.86. The van der Waals surface area contributed by atoms with Gasteiger partial charge in [0.25, 0.3) is 0 Å². The van der Waals surface area contributed by atoms with Crippen LogP contribution in [0.25, 0.3) is 10.9 Å². The van der Waals surface area contributed by atoms with Crippen LogP contribution >= 0.6 is 0 Å². The number of benzene rings is 1. The molecule has 2 aromatic rings. The Labute approximate surface area is 117 Å². The molecule has 0 amide bonds. The predicted molar refractivity (Wildman–Crippen MR) is 79.0 cm³/mol. The number of nitrogens with one attached hydrogen (secondary N) is 2. The molecule has 0 aliphatic rings. The zero-order chi connectivity index (χ0) is 14.5. The number of aliphatic hydroxyl groups is 1. The standard InChI is InChI=1S/C15H20N2O3/c1-2-3-8-16-9-13(19)10-4-6-12(18)15-11(10)5-7-14(20)17-15/h4-7,13,16,18-19H,2-3,8-9H2,1H3,(H,17,20)/t13-/m0/s1. The van der Waals surface area contributed by atoms with Gasteiger partial charge in [0.15, 0.2) is 0 Å². The molecule has 4 N–H and O–H groups in total. The van der Waals surface area contributed by atoms with E-state index >= 15 is 0 Å². The smallest absolute Gasteiger partial charge is 0.248 e. The molecular formula is C15H20N2O3. The number of aromatic nitrogens is 1. The Morgan fingerprint density at radius 3 is 2.85 bits per heavy atom. The van der Waals surface area contributed by atoms with Crippen LogP contribution in [-0.4, -0.2) is 28.3 Å². The number of H-pyrrole nitrogens is 1. The van der Waals surface area contributed by atoms with Crippen LogP contribution in [0.5, 0.6) is 5.75 Å². The van der Waals surface area contributed by atoms with Crippen molar-refractivity contribution in [3.05, 3.63) is 40.2 Å². The Hall–Kier alpha value is -1.85. The van der Waals surface area contributed by atoms with Gasteiger partial charge >= 0.3 is 0 Å². The topological polar surface area (TPSA) is 85.3 Å². The minimum atomic E-state index is -0.680. The summed E-state index contributed by atoms with van der Waals surface area (Å²) in [5.41, 5.74) is 0.779. The van der Waals surface area contributed by atoms with Crippen molar-refractivity contribution in [2.75, 3.05) is 13.1 Å². The lowest BCUT2D eigenvalue weighted by Crippen LogP contribution is -2.22. The third-order valence-electron chi connectivity index (χ3n) is 3.31. The summed E-state index contributed by atoms with van der Waals surface area (Å²) in [4.78, 5) is 13.9. The van der Waals surface area contributed by atoms with E-state index in [1.54, 1.807) is 12.1 Å². The average Bonchev–Trinajstić information content (AvgIpc) is 2.44. The number of fused-ring (bicyclic) bond motifs is 1. The Balaban J connectivity index is 2.25. The van der Waals surface area contributed by atoms with Gasteiger partial charge in [0.2, 0.25) is 5.56 Å². The van der Waals surface area contributed by atoms with Crippen molar-refractivity contribution in [2.45, 2.75) is 25.9 Å². The number of aromatic amines is 1. The van der Waals surface area contributed by atoms with Crippen LogP contribution in [0.15, 0.2) is 29.1 Å². The first-order valence-corrected chi connectivity index (χ1v) is 6.87. The zero-order valence-corrected chi connectivity index (χ0v) is 11.5. The van der Waals surface area contributed by atoms with Gasteiger partial charge in [-0.25, -0.2) is 0 Å². The molecule has 0 spiro atoms. The number of hydrogen-bond donors (Lipinski definition) is 4. The third-order valence-corrected chi connectivity index (χ3v) is 3.31. The van der Waals surface area contributed by atoms with E-state index in [2.05, 4.69) is 17.2 Å². The fourth-order valence-corrected chi connectivity index (χ4v) is 2.20. The van der Waals surface area contributed by atoms with Gasteiger partial charge in [-0.15, -0.1) is 0 Å². The quantitative estimate of drug-likeness (QED) is 0.604. The summed E-state index contributed by atoms with van der Waals surface area (Å²) in [7, 11) is 0. The maximum atomic E-state index is 11.3. The van der Waals surface area contributed by atoms with Crippen LogP contribution < -0.4 is 10.9 Å². The summed E-state index contributed by atoms with van der Waals surface area (Å²) in [6.45, 7) is 3.42. The van der Waals surface area contributed by atoms with Crippen LogP contribution in [0.3, 0.4) is 0 Å². The molecule has 1 heterocycles. The number of aromatic hydroxyl groups is 1. The summed E-state index contributed by atoms with van der Waals surface area (Å²) in [5.74, 6) is 0.00703. The van der Waals surface area contributed by atoms with Gasteiger partial charge in [-0.3, -0.25) is 4.79 Å². The Morgan fingerprint density at radius 2 is 2.10 bits per heavy atom. The highest BCUT2D eigenvalue weighted by atomic mass is 16.3. The lowest BCUT2D eigenvalue weighted by atomic mass is 10.0. The fraction of sp³-hybridized carbons (Fsp3) is 0.400. The Bertz CT molecular complexity index is 637. The Morgan fingerprint density at radius 1 is 1.30 bits per heavy atom. The highest BCUT2D eigenvalue weighted by Crippen LogP contribution is 2.28. The number of phenols is 1. The number of hydrogen-bond acceptors (Lipinski definition) is 4. The van der Waals surface area contributed by atoms with Crippen molar-refractivity contribution in [3.63, 3.8) is 0 Å². The highest BCUT2D eigenvalue weighted by molar-refractivity contribution is 5.87. The van der Waals surface area contributed by atoms with Crippen molar-refractivity contribution in [1.82, 2.24) is 10.3 Å². The molecule has 0 radical (unpaired) electrons. The average molecular weight is 276 g/mol. The maximum absolute atomic E-state index is 11.3. The SMILES string of the molecule is CCCCNC[C@H](O)c1ccc(O)c2[nH]c(=O)ccc12. The zero-order valence-electron chi connectivity index (χ0n) is 11.5. The third kappa shape index (κ3) is 3.18. The van der Waals surface area contributed by atoms with E-state index in [0.717, 1.165) is 19.4 Å². The van der Waals surface area contributed by atoms with Gasteiger partial charge < -0.3 is 20.5 Å². The van der Waals surface area contributed by atoms with Gasteiger partial charge in [-0.2, -0.15) is 0 Å². The molecule has 2 rings (SSSR count). The van der Waals surface area contributed by atoms with Crippen LogP contribution in [0.2, 0.25) is 0 Å². The minimum absolute atomic E-state index is 0.00703. The fourth-order valence-electron chi connectivity index (χ4n) is 2.20. The largest absolute Gasteiger partial charge is 0.506 e. The first-order chi connectivity index (χ1) is 9.63. The molecule has 0 fully saturated rings. The molecule has 1 atom stereocenters. The Kier molecular flexibility index (Phi) is 4.76. The normalized spacial score (nSPS) is 12.7. The van der Waals surface area contributed by atoms with E-state index in [4.69, 9.17) is 0 Å². The first kappa shape index (κ1) is 14.6. The summed E-state index contributed by atoms with van der Waals surface area (Å²) >= 11 is 0. The molecule has 5 heteroatoms. The molecule has 0 bridgehead atoms. The number of rotatable bonds is 6. The van der Waals surface area contributed by atoms with Crippen molar-refractivity contribution in [2.24, 2.45) is 0 Å². The van der Waals surface area contributed by atoms with Crippen molar-refractivity contribution < 1.29 is 10.2 Å². The molecule has 5 nitrogen and oxygen atoms in total. The first-order valence-electron chi connectivity index (χ1n) is 6.87. The van der Waals surface area contributed by atoms with Crippen molar-refractivity contribution >= 4 is 10.9 Å². The monoisotopic (exact) mass is 276 g/mol. The van der Waals surface area contributed by atoms with Crippen molar-refractivity contribution in [1.29, 1.82) is 0 Å². The summed E-state index contributed by atoms with van der Waals surface area (Å²) in [6, 6.07) is 6.19. The van der Waals surface area contributed by atoms with E-state index in [9.17, 15) is 15.0 Å². The van der Waals surface area contributed by atoms with Gasteiger partial charge in [-0.05, 0) is 30.7 Å². The molecule has 1 aromatic carbocycles. The molecule has 0 saturated heterocycles. The highest BCUT2D eigenvalue weighted by Gasteiger charge is 2.13. The van der Waals surface area contributed by atoms with E-state index in [1.807, 2.05) is 0 Å². The van der Waals surface area contributed by atoms with Crippen LogP contribution in [0.4, 0.5) is 0 Å². The number of unbranched alkanes of at least 4 members (excludes halogenated alkanes) is 1. The minimum Gasteiger partial charge on any atom is -0.506 e. The summed E-state index contributed by atoms with van der Waals surface area (Å²) in [6.07, 6.45) is 1.49. The molecule has 20 heavy (non-hydrogen) atoms. The number of pyridine rings is 1. The van der Waals surface area contributed by atoms with Crippen molar-refractivity contribution in [3.8, 4) is 5.75 Å². The molecular weight excluding hydrogens is 256 g/mol. The van der Waals surface area contributed by atoms with E-state index in [0.29, 0.717) is 23.0 Å². The van der Waals surface area contributed by atoms with Gasteiger partial charge in [0, 0.05) is 18.0 Å². The van der Waals surface area contributed by atoms with E-state index in [-0.39, 0.29) is 11.3 Å². The summed E-state index contributed by atoms with van der Waals surface area (Å²) < 4.78 is 0. The second-order valence-electron chi connectivity index (χ2n) is 4.86. The molecule has 0 saturated carbocycles. The maximum Gasteiger partial charge on any atom is 0.248 e. The molecule has 108 valence electrons. The van der Waals surface area contributed by atoms with E-state index in [1.165, 1.54) is 12.1 Å². The van der Waals surface area contributed by atoms with Crippen LogP contribution in [-0.2, 0) is 0 Å². The molecule has 0 aliphatic heterocycles. The molecule has 0 aliphatic carbocycles. The van der Waals surface area contributed by atoms with Gasteiger partial charge in [0.1, 0.15) is 5.75 Å². The van der Waals surface area contributed by atoms with Crippen LogP contribution in [0.1, 0.15) is 31.4 Å². The van der Waals surface area contributed by atoms with Gasteiger partial charge in [-0.1, -0.05) is 19.4 Å². The summed E-state index contributed by atoms with van der Waals surface area (Å²) in [5, 5.41) is 23.9. The molecule has 1 aromatic heterocycles. The lowest BCUT2D eigenvalue weighted by Gasteiger charge is -2.15. The predicted octanol–water partition coefficient (Wildman–Crippen LogP) is 1.66. The van der Waals surface area contributed by atoms with Gasteiger partial charge in [0.05, 0.1) is 11.6 Å². The molecule has 0 unspecified atom stereocenters. The number of aliphatic hydroxyl groups excluding tert-OH is 1. The van der Waals surface area contributed by atoms with E-state index < -0.39 is 6.10 Å².